The van der Waals surface area contributed by atoms with Crippen LogP contribution in [0.5, 0.6) is 0 Å². The summed E-state index contributed by atoms with van der Waals surface area (Å²) >= 11 is 0. The SMILES string of the molecule is COCCOCCOCCOCCNC(=O)CCC(C)(C)SSc1ccccc1CCO. The standard InChI is InChI=1S/C23H39NO6S2/c1-23(2,32-31-21-7-5-4-6-20(21)9-12-25)10-8-22(26)24-11-13-28-16-17-30-19-18-29-15-14-27-3/h4-7,25H,8-19H2,1-3H3,(H,24,26). The molecular weight excluding hydrogens is 450 g/mol. The molecule has 1 aromatic carbocycles. The number of aliphatic hydroxyl groups excluding tert-OH is 1. The summed E-state index contributed by atoms with van der Waals surface area (Å²) < 4.78 is 21.0. The van der Waals surface area contributed by atoms with Gasteiger partial charge in [0.2, 0.25) is 5.91 Å². The summed E-state index contributed by atoms with van der Waals surface area (Å²) in [5.41, 5.74) is 1.15. The maximum Gasteiger partial charge on any atom is 0.220 e. The van der Waals surface area contributed by atoms with Crippen molar-refractivity contribution in [3.05, 3.63) is 29.8 Å². The van der Waals surface area contributed by atoms with Gasteiger partial charge in [0, 0.05) is 36.3 Å². The first kappa shape index (κ1) is 29.2. The Hall–Kier alpha value is -0.810. The Morgan fingerprint density at radius 1 is 1.00 bits per heavy atom. The Kier molecular flexibility index (Phi) is 17.0. The van der Waals surface area contributed by atoms with Gasteiger partial charge in [0.05, 0.1) is 46.2 Å². The van der Waals surface area contributed by atoms with Gasteiger partial charge in [-0.05, 0) is 38.3 Å². The van der Waals surface area contributed by atoms with Crippen molar-refractivity contribution in [3.8, 4) is 0 Å². The quantitative estimate of drug-likeness (QED) is 0.213. The Morgan fingerprint density at radius 3 is 2.28 bits per heavy atom. The van der Waals surface area contributed by atoms with E-state index in [4.69, 9.17) is 18.9 Å². The van der Waals surface area contributed by atoms with Crippen LogP contribution in [0.15, 0.2) is 29.2 Å². The number of rotatable bonds is 20. The van der Waals surface area contributed by atoms with E-state index in [0.717, 1.165) is 12.0 Å². The highest BCUT2D eigenvalue weighted by molar-refractivity contribution is 8.77. The lowest BCUT2D eigenvalue weighted by Gasteiger charge is -2.23. The fourth-order valence-electron chi connectivity index (χ4n) is 2.56. The molecule has 0 heterocycles. The van der Waals surface area contributed by atoms with Crippen molar-refractivity contribution in [2.45, 2.75) is 42.8 Å². The van der Waals surface area contributed by atoms with Gasteiger partial charge < -0.3 is 29.4 Å². The van der Waals surface area contributed by atoms with Crippen LogP contribution in [0.4, 0.5) is 0 Å². The second-order valence-corrected chi connectivity index (χ2v) is 10.6. The molecule has 1 rings (SSSR count). The maximum atomic E-state index is 12.1. The van der Waals surface area contributed by atoms with Crippen LogP contribution < -0.4 is 5.32 Å². The predicted molar refractivity (Wildman–Crippen MR) is 131 cm³/mol. The zero-order valence-corrected chi connectivity index (χ0v) is 21.2. The van der Waals surface area contributed by atoms with Gasteiger partial charge in [-0.2, -0.15) is 0 Å². The zero-order valence-electron chi connectivity index (χ0n) is 19.6. The van der Waals surface area contributed by atoms with Gasteiger partial charge in [0.15, 0.2) is 0 Å². The van der Waals surface area contributed by atoms with Gasteiger partial charge in [-0.3, -0.25) is 4.79 Å². The van der Waals surface area contributed by atoms with Gasteiger partial charge in [0.25, 0.3) is 0 Å². The van der Waals surface area contributed by atoms with Crippen LogP contribution in [0, 0.1) is 0 Å². The van der Waals surface area contributed by atoms with Crippen molar-refractivity contribution >= 4 is 27.5 Å². The first-order valence-electron chi connectivity index (χ1n) is 11.0. The number of nitrogens with one attached hydrogen (secondary N) is 1. The van der Waals surface area contributed by atoms with Gasteiger partial charge in [0.1, 0.15) is 0 Å². The molecule has 1 amide bonds. The van der Waals surface area contributed by atoms with Gasteiger partial charge >= 0.3 is 0 Å². The van der Waals surface area contributed by atoms with Crippen LogP contribution in [0.1, 0.15) is 32.3 Å². The molecule has 0 unspecified atom stereocenters. The molecule has 0 atom stereocenters. The zero-order chi connectivity index (χ0) is 23.5. The predicted octanol–water partition coefficient (Wildman–Crippen LogP) is 3.33. The number of carbonyl (C=O) groups excluding carboxylic acids is 1. The summed E-state index contributed by atoms with van der Waals surface area (Å²) in [6, 6.07) is 8.13. The van der Waals surface area contributed by atoms with E-state index in [2.05, 4.69) is 25.2 Å². The molecule has 7 nitrogen and oxygen atoms in total. The number of carbonyl (C=O) groups is 1. The van der Waals surface area contributed by atoms with Crippen LogP contribution in [0.3, 0.4) is 0 Å². The minimum Gasteiger partial charge on any atom is -0.396 e. The summed E-state index contributed by atoms with van der Waals surface area (Å²) in [6.07, 6.45) is 1.91. The monoisotopic (exact) mass is 489 g/mol. The molecule has 9 heteroatoms. The molecule has 0 radical (unpaired) electrons. The molecule has 0 fully saturated rings. The molecule has 0 aliphatic heterocycles. The fraction of sp³-hybridized carbons (Fsp3) is 0.696. The summed E-state index contributed by atoms with van der Waals surface area (Å²) in [4.78, 5) is 13.3. The van der Waals surface area contributed by atoms with Gasteiger partial charge in [-0.25, -0.2) is 0 Å². The lowest BCUT2D eigenvalue weighted by Crippen LogP contribution is -2.29. The molecule has 0 aliphatic carbocycles. The van der Waals surface area contributed by atoms with Crippen molar-refractivity contribution in [1.82, 2.24) is 5.32 Å². The Balaban J connectivity index is 2.06. The summed E-state index contributed by atoms with van der Waals surface area (Å²) in [5, 5.41) is 12.1. The van der Waals surface area contributed by atoms with E-state index in [9.17, 15) is 9.90 Å². The fourth-order valence-corrected chi connectivity index (χ4v) is 5.16. The van der Waals surface area contributed by atoms with Crippen LogP contribution >= 0.6 is 21.6 Å². The second kappa shape index (κ2) is 18.6. The lowest BCUT2D eigenvalue weighted by atomic mass is 10.1. The van der Waals surface area contributed by atoms with Crippen molar-refractivity contribution in [3.63, 3.8) is 0 Å². The second-order valence-electron chi connectivity index (χ2n) is 7.69. The highest BCUT2D eigenvalue weighted by Crippen LogP contribution is 2.44. The molecule has 0 saturated carbocycles. The number of methoxy groups -OCH3 is 1. The van der Waals surface area contributed by atoms with E-state index in [0.29, 0.717) is 65.6 Å². The van der Waals surface area contributed by atoms with Gasteiger partial charge in [-0.1, -0.05) is 39.8 Å². The maximum absolute atomic E-state index is 12.1. The van der Waals surface area contributed by atoms with Crippen molar-refractivity contribution in [1.29, 1.82) is 0 Å². The molecule has 1 aromatic rings. The number of aliphatic hydroxyl groups is 1. The molecule has 184 valence electrons. The van der Waals surface area contributed by atoms with Crippen LogP contribution in [-0.2, 0) is 30.2 Å². The third kappa shape index (κ3) is 15.1. The average molecular weight is 490 g/mol. The lowest BCUT2D eigenvalue weighted by molar-refractivity contribution is -0.121. The van der Waals surface area contributed by atoms with Crippen LogP contribution in [0.25, 0.3) is 0 Å². The molecule has 32 heavy (non-hydrogen) atoms. The molecule has 2 N–H and O–H groups in total. The Labute approximate surface area is 200 Å². The third-order valence-electron chi connectivity index (χ3n) is 4.41. The highest BCUT2D eigenvalue weighted by Gasteiger charge is 2.21. The number of hydrogen-bond acceptors (Lipinski definition) is 8. The van der Waals surface area contributed by atoms with E-state index in [1.165, 1.54) is 4.90 Å². The summed E-state index contributed by atoms with van der Waals surface area (Å²) in [6.45, 7) is 8.64. The van der Waals surface area contributed by atoms with Gasteiger partial charge in [-0.15, -0.1) is 0 Å². The highest BCUT2D eigenvalue weighted by atomic mass is 33.1. The largest absolute Gasteiger partial charge is 0.396 e. The summed E-state index contributed by atoms with van der Waals surface area (Å²) in [7, 11) is 5.11. The normalized spacial score (nSPS) is 11.6. The van der Waals surface area contributed by atoms with E-state index < -0.39 is 0 Å². The molecule has 0 aromatic heterocycles. The first-order chi connectivity index (χ1) is 15.5. The third-order valence-corrected chi connectivity index (χ3v) is 7.87. The van der Waals surface area contributed by atoms with Crippen LogP contribution in [-0.4, -0.2) is 82.3 Å². The topological polar surface area (TPSA) is 86.3 Å². The first-order valence-corrected chi connectivity index (χ1v) is 13.2. The minimum absolute atomic E-state index is 0.0393. The number of ether oxygens (including phenoxy) is 4. The molecule has 0 spiro atoms. The smallest absolute Gasteiger partial charge is 0.220 e. The minimum atomic E-state index is -0.0462. The summed E-state index contributed by atoms with van der Waals surface area (Å²) in [5.74, 6) is 0.0393. The average Bonchev–Trinajstić information content (AvgIpc) is 2.78. The van der Waals surface area contributed by atoms with Crippen molar-refractivity contribution in [2.75, 3.05) is 66.5 Å². The molecule has 0 bridgehead atoms. The van der Waals surface area contributed by atoms with Crippen molar-refractivity contribution in [2.24, 2.45) is 0 Å². The number of benzene rings is 1. The van der Waals surface area contributed by atoms with Crippen LogP contribution in [0.2, 0.25) is 0 Å². The van der Waals surface area contributed by atoms with E-state index in [1.807, 2.05) is 18.2 Å². The van der Waals surface area contributed by atoms with Crippen molar-refractivity contribution < 1.29 is 28.8 Å². The molecular formula is C23H39NO6S2. The number of amides is 1. The molecule has 0 saturated heterocycles. The number of hydrogen-bond donors (Lipinski definition) is 2. The van der Waals surface area contributed by atoms with E-state index in [-0.39, 0.29) is 17.3 Å². The Morgan fingerprint density at radius 2 is 1.62 bits per heavy atom. The van der Waals surface area contributed by atoms with E-state index in [1.54, 1.807) is 28.7 Å². The Bertz CT molecular complexity index is 618. The van der Waals surface area contributed by atoms with E-state index >= 15 is 0 Å². The molecule has 0 aliphatic rings.